The minimum Gasteiger partial charge on any atom is -0.334 e. The van der Waals surface area contributed by atoms with E-state index in [9.17, 15) is 4.79 Å². The fourth-order valence-electron chi connectivity index (χ4n) is 1.88. The van der Waals surface area contributed by atoms with Gasteiger partial charge in [-0.1, -0.05) is 0 Å². The van der Waals surface area contributed by atoms with Crippen LogP contribution in [0.1, 0.15) is 11.3 Å². The first kappa shape index (κ1) is 11.1. The van der Waals surface area contributed by atoms with Gasteiger partial charge in [-0.3, -0.25) is 9.78 Å². The van der Waals surface area contributed by atoms with Crippen LogP contribution in [0.15, 0.2) is 4.79 Å². The van der Waals surface area contributed by atoms with Crippen molar-refractivity contribution in [1.29, 1.82) is 0 Å². The van der Waals surface area contributed by atoms with Crippen LogP contribution in [-0.4, -0.2) is 43.2 Å². The molecule has 2 rings (SSSR count). The van der Waals surface area contributed by atoms with Crippen LogP contribution in [0.4, 0.5) is 5.95 Å². The van der Waals surface area contributed by atoms with Crippen LogP contribution < -0.4 is 15.4 Å². The van der Waals surface area contributed by atoms with Crippen molar-refractivity contribution in [3.05, 3.63) is 21.6 Å². The minimum atomic E-state index is -0.0197. The third-order valence-corrected chi connectivity index (χ3v) is 3.30. The largest absolute Gasteiger partial charge is 0.334 e. The SMILES string of the molecule is Cc1nc(N2CC[NH+](C)CC2)[nH]c(=O)c1C. The number of nitrogens with zero attached hydrogens (tertiary/aromatic N) is 2. The van der Waals surface area contributed by atoms with Gasteiger partial charge in [-0.2, -0.15) is 0 Å². The number of H-pyrrole nitrogens is 1. The number of aromatic nitrogens is 2. The second kappa shape index (κ2) is 4.25. The molecule has 0 atom stereocenters. The van der Waals surface area contributed by atoms with E-state index in [0.717, 1.165) is 37.8 Å². The van der Waals surface area contributed by atoms with Gasteiger partial charge in [-0.25, -0.2) is 4.98 Å². The van der Waals surface area contributed by atoms with Crippen molar-refractivity contribution in [3.8, 4) is 0 Å². The van der Waals surface area contributed by atoms with Gasteiger partial charge in [0.1, 0.15) is 0 Å². The number of quaternary nitrogens is 1. The Bertz CT molecular complexity index is 432. The smallest absolute Gasteiger partial charge is 0.255 e. The number of anilines is 1. The molecule has 0 bridgehead atoms. The van der Waals surface area contributed by atoms with E-state index in [2.05, 4.69) is 21.9 Å². The minimum absolute atomic E-state index is 0.0197. The Morgan fingerprint density at radius 3 is 2.50 bits per heavy atom. The lowest BCUT2D eigenvalue weighted by atomic mass is 10.3. The van der Waals surface area contributed by atoms with Crippen LogP contribution in [0.3, 0.4) is 0 Å². The molecule has 2 N–H and O–H groups in total. The van der Waals surface area contributed by atoms with E-state index in [-0.39, 0.29) is 5.56 Å². The van der Waals surface area contributed by atoms with Gasteiger partial charge >= 0.3 is 0 Å². The third-order valence-electron chi connectivity index (χ3n) is 3.30. The van der Waals surface area contributed by atoms with Gasteiger partial charge in [0, 0.05) is 11.3 Å². The monoisotopic (exact) mass is 223 g/mol. The van der Waals surface area contributed by atoms with E-state index in [1.807, 2.05) is 6.92 Å². The predicted molar refractivity (Wildman–Crippen MR) is 63.2 cm³/mol. The average Bonchev–Trinajstić information content (AvgIpc) is 2.26. The molecule has 0 spiro atoms. The zero-order chi connectivity index (χ0) is 11.7. The number of aromatic amines is 1. The van der Waals surface area contributed by atoms with E-state index in [4.69, 9.17) is 0 Å². The molecule has 16 heavy (non-hydrogen) atoms. The molecule has 0 aliphatic carbocycles. The van der Waals surface area contributed by atoms with Crippen molar-refractivity contribution >= 4 is 5.95 Å². The molecule has 0 radical (unpaired) electrons. The number of hydrogen-bond donors (Lipinski definition) is 2. The number of nitrogens with one attached hydrogen (secondary N) is 2. The molecular formula is C11H19N4O+. The summed E-state index contributed by atoms with van der Waals surface area (Å²) in [6.07, 6.45) is 0. The van der Waals surface area contributed by atoms with Crippen LogP contribution >= 0.6 is 0 Å². The number of rotatable bonds is 1. The highest BCUT2D eigenvalue weighted by molar-refractivity contribution is 5.32. The van der Waals surface area contributed by atoms with Gasteiger partial charge in [0.2, 0.25) is 5.95 Å². The van der Waals surface area contributed by atoms with Crippen molar-refractivity contribution < 1.29 is 4.90 Å². The molecule has 0 unspecified atom stereocenters. The number of aryl methyl sites for hydroxylation is 1. The highest BCUT2D eigenvalue weighted by atomic mass is 16.1. The fourth-order valence-corrected chi connectivity index (χ4v) is 1.88. The molecule has 0 aromatic carbocycles. The Morgan fingerprint density at radius 1 is 1.31 bits per heavy atom. The van der Waals surface area contributed by atoms with Crippen LogP contribution in [-0.2, 0) is 0 Å². The zero-order valence-electron chi connectivity index (χ0n) is 10.1. The molecule has 5 nitrogen and oxygen atoms in total. The normalized spacial score (nSPS) is 17.8. The molecular weight excluding hydrogens is 204 g/mol. The lowest BCUT2D eigenvalue weighted by Crippen LogP contribution is -3.12. The average molecular weight is 223 g/mol. The van der Waals surface area contributed by atoms with Crippen molar-refractivity contribution in [2.45, 2.75) is 13.8 Å². The lowest BCUT2D eigenvalue weighted by Gasteiger charge is -2.30. The second-order valence-corrected chi connectivity index (χ2v) is 4.54. The first-order valence-corrected chi connectivity index (χ1v) is 5.71. The maximum Gasteiger partial charge on any atom is 0.255 e. The van der Waals surface area contributed by atoms with E-state index in [1.54, 1.807) is 6.92 Å². The quantitative estimate of drug-likeness (QED) is 0.623. The van der Waals surface area contributed by atoms with Gasteiger partial charge < -0.3 is 9.80 Å². The van der Waals surface area contributed by atoms with E-state index < -0.39 is 0 Å². The van der Waals surface area contributed by atoms with Crippen molar-refractivity contribution in [1.82, 2.24) is 9.97 Å². The lowest BCUT2D eigenvalue weighted by molar-refractivity contribution is -0.880. The van der Waals surface area contributed by atoms with Crippen molar-refractivity contribution in [2.75, 3.05) is 38.1 Å². The number of piperazine rings is 1. The highest BCUT2D eigenvalue weighted by Gasteiger charge is 2.19. The number of likely N-dealkylation sites (N-methyl/N-ethyl adjacent to an activating group) is 1. The topological polar surface area (TPSA) is 53.4 Å². The van der Waals surface area contributed by atoms with Crippen LogP contribution in [0.25, 0.3) is 0 Å². The van der Waals surface area contributed by atoms with Gasteiger partial charge in [-0.15, -0.1) is 0 Å². The maximum atomic E-state index is 11.6. The Labute approximate surface area is 95.1 Å². The van der Waals surface area contributed by atoms with Gasteiger partial charge in [0.25, 0.3) is 5.56 Å². The van der Waals surface area contributed by atoms with Crippen LogP contribution in [0, 0.1) is 13.8 Å². The Balaban J connectivity index is 2.24. The summed E-state index contributed by atoms with van der Waals surface area (Å²) in [7, 11) is 2.19. The molecule has 0 amide bonds. The second-order valence-electron chi connectivity index (χ2n) is 4.54. The highest BCUT2D eigenvalue weighted by Crippen LogP contribution is 2.07. The fraction of sp³-hybridized carbons (Fsp3) is 0.636. The molecule has 1 aromatic heterocycles. The van der Waals surface area contributed by atoms with Crippen molar-refractivity contribution in [3.63, 3.8) is 0 Å². The van der Waals surface area contributed by atoms with Gasteiger partial charge in [0.15, 0.2) is 0 Å². The molecule has 1 fully saturated rings. The summed E-state index contributed by atoms with van der Waals surface area (Å²) in [5, 5.41) is 0. The zero-order valence-corrected chi connectivity index (χ0v) is 10.1. The molecule has 1 aromatic rings. The molecule has 1 aliphatic rings. The summed E-state index contributed by atoms with van der Waals surface area (Å²) in [6.45, 7) is 7.79. The van der Waals surface area contributed by atoms with Gasteiger partial charge in [0.05, 0.1) is 33.2 Å². The molecule has 2 heterocycles. The van der Waals surface area contributed by atoms with Crippen LogP contribution in [0.5, 0.6) is 0 Å². The summed E-state index contributed by atoms with van der Waals surface area (Å²) in [6, 6.07) is 0. The Morgan fingerprint density at radius 2 is 1.94 bits per heavy atom. The standard InChI is InChI=1S/C11H18N4O/c1-8-9(2)12-11(13-10(8)16)15-6-4-14(3)5-7-15/h4-7H2,1-3H3,(H,12,13,16)/p+1. The third kappa shape index (κ3) is 2.09. The molecule has 0 saturated carbocycles. The predicted octanol–water partition coefficient (Wildman–Crippen LogP) is -1.28. The summed E-state index contributed by atoms with van der Waals surface area (Å²) >= 11 is 0. The van der Waals surface area contributed by atoms with Gasteiger partial charge in [-0.05, 0) is 13.8 Å². The van der Waals surface area contributed by atoms with E-state index >= 15 is 0 Å². The maximum absolute atomic E-state index is 11.6. The summed E-state index contributed by atoms with van der Waals surface area (Å²) < 4.78 is 0. The molecule has 5 heteroatoms. The first-order valence-electron chi connectivity index (χ1n) is 5.71. The van der Waals surface area contributed by atoms with E-state index in [1.165, 1.54) is 4.90 Å². The Kier molecular flexibility index (Phi) is 2.96. The number of hydrogen-bond acceptors (Lipinski definition) is 3. The first-order chi connectivity index (χ1) is 7.58. The van der Waals surface area contributed by atoms with Crippen molar-refractivity contribution in [2.24, 2.45) is 0 Å². The molecule has 88 valence electrons. The molecule has 1 aliphatic heterocycles. The van der Waals surface area contributed by atoms with Crippen LogP contribution in [0.2, 0.25) is 0 Å². The van der Waals surface area contributed by atoms with E-state index in [0.29, 0.717) is 5.56 Å². The Hall–Kier alpha value is -1.36. The summed E-state index contributed by atoms with van der Waals surface area (Å²) in [4.78, 5) is 22.6. The molecule has 1 saturated heterocycles. The summed E-state index contributed by atoms with van der Waals surface area (Å²) in [5.74, 6) is 0.723. The summed E-state index contributed by atoms with van der Waals surface area (Å²) in [5.41, 5.74) is 1.52.